The van der Waals surface area contributed by atoms with Crippen LogP contribution in [0.15, 0.2) is 0 Å². The van der Waals surface area contributed by atoms with Gasteiger partial charge < -0.3 is 5.11 Å². The fraction of sp³-hybridized carbons (Fsp3) is 0.889. The third-order valence-electron chi connectivity index (χ3n) is 1.65. The standard InChI is InChI=1S/C9H20N2O4S2/c1-9(2,3)11-17(14,15)10-7(8(12)13)5-6-16-4/h7,10-11H,5-6H2,1-4H3,(H,12,13). The van der Waals surface area contributed by atoms with Gasteiger partial charge >= 0.3 is 5.97 Å². The van der Waals surface area contributed by atoms with E-state index in [0.717, 1.165) is 0 Å². The first-order valence-electron chi connectivity index (χ1n) is 5.10. The van der Waals surface area contributed by atoms with Crippen LogP contribution in [0.1, 0.15) is 27.2 Å². The molecule has 17 heavy (non-hydrogen) atoms. The maximum Gasteiger partial charge on any atom is 0.321 e. The highest BCUT2D eigenvalue weighted by molar-refractivity contribution is 7.98. The SMILES string of the molecule is CSCCC(NS(=O)(=O)NC(C)(C)C)C(=O)O. The number of hydrogen-bond donors (Lipinski definition) is 3. The van der Waals surface area contributed by atoms with E-state index < -0.39 is 27.8 Å². The Hall–Kier alpha value is -0.310. The van der Waals surface area contributed by atoms with Gasteiger partial charge in [-0.25, -0.2) is 0 Å². The number of aliphatic carboxylic acids is 1. The van der Waals surface area contributed by atoms with Gasteiger partial charge in [0.1, 0.15) is 6.04 Å². The highest BCUT2D eigenvalue weighted by atomic mass is 32.2. The van der Waals surface area contributed by atoms with E-state index in [-0.39, 0.29) is 6.42 Å². The van der Waals surface area contributed by atoms with Crippen LogP contribution in [0.5, 0.6) is 0 Å². The summed E-state index contributed by atoms with van der Waals surface area (Å²) in [5.41, 5.74) is -0.644. The number of carboxylic acids is 1. The minimum absolute atomic E-state index is 0.252. The molecule has 0 aliphatic rings. The maximum absolute atomic E-state index is 11.6. The zero-order chi connectivity index (χ0) is 13.7. The van der Waals surface area contributed by atoms with E-state index in [0.29, 0.717) is 5.75 Å². The third kappa shape index (κ3) is 8.42. The van der Waals surface area contributed by atoms with Crippen LogP contribution < -0.4 is 9.44 Å². The molecule has 102 valence electrons. The second-order valence-corrected chi connectivity index (χ2v) is 7.08. The van der Waals surface area contributed by atoms with Crippen molar-refractivity contribution in [2.24, 2.45) is 0 Å². The Bertz CT molecular complexity index is 348. The van der Waals surface area contributed by atoms with E-state index in [2.05, 4.69) is 9.44 Å². The normalized spacial score (nSPS) is 14.6. The fourth-order valence-electron chi connectivity index (χ4n) is 1.09. The van der Waals surface area contributed by atoms with Crippen molar-refractivity contribution in [2.45, 2.75) is 38.8 Å². The highest BCUT2D eigenvalue weighted by Gasteiger charge is 2.26. The van der Waals surface area contributed by atoms with Gasteiger partial charge in [0.15, 0.2) is 0 Å². The van der Waals surface area contributed by atoms with Gasteiger partial charge in [0.05, 0.1) is 0 Å². The molecule has 0 bridgehead atoms. The summed E-state index contributed by atoms with van der Waals surface area (Å²) in [5, 5.41) is 8.90. The summed E-state index contributed by atoms with van der Waals surface area (Å²) in [5.74, 6) is -0.590. The van der Waals surface area contributed by atoms with Gasteiger partial charge in [-0.1, -0.05) is 0 Å². The van der Waals surface area contributed by atoms with Crippen molar-refractivity contribution >= 4 is 27.9 Å². The van der Waals surface area contributed by atoms with Crippen LogP contribution >= 0.6 is 11.8 Å². The number of rotatable bonds is 7. The molecule has 0 aromatic carbocycles. The van der Waals surface area contributed by atoms with Crippen LogP contribution in [-0.2, 0) is 15.0 Å². The van der Waals surface area contributed by atoms with Gasteiger partial charge in [-0.05, 0) is 39.2 Å². The number of nitrogens with one attached hydrogen (secondary N) is 2. The smallest absolute Gasteiger partial charge is 0.321 e. The van der Waals surface area contributed by atoms with Gasteiger partial charge in [-0.2, -0.15) is 29.6 Å². The summed E-state index contributed by atoms with van der Waals surface area (Å²) in [4.78, 5) is 10.9. The quantitative estimate of drug-likeness (QED) is 0.629. The molecule has 0 heterocycles. The highest BCUT2D eigenvalue weighted by Crippen LogP contribution is 2.05. The van der Waals surface area contributed by atoms with Crippen LogP contribution in [0.25, 0.3) is 0 Å². The van der Waals surface area contributed by atoms with Gasteiger partial charge in [0.2, 0.25) is 0 Å². The van der Waals surface area contributed by atoms with Gasteiger partial charge in [-0.15, -0.1) is 0 Å². The maximum atomic E-state index is 11.6. The number of hydrogen-bond acceptors (Lipinski definition) is 4. The van der Waals surface area contributed by atoms with E-state index in [4.69, 9.17) is 5.11 Å². The fourth-order valence-corrected chi connectivity index (χ4v) is 3.02. The first-order chi connectivity index (χ1) is 7.57. The number of carboxylic acid groups (broad SMARTS) is 1. The molecule has 0 aliphatic carbocycles. The van der Waals surface area contributed by atoms with Crippen LogP contribution in [0, 0.1) is 0 Å². The Balaban J connectivity index is 4.59. The molecular formula is C9H20N2O4S2. The number of carbonyl (C=O) groups is 1. The summed E-state index contributed by atoms with van der Waals surface area (Å²) in [7, 11) is -3.80. The van der Waals surface area contributed by atoms with Crippen LogP contribution in [0.2, 0.25) is 0 Å². The van der Waals surface area contributed by atoms with Crippen LogP contribution in [0.4, 0.5) is 0 Å². The molecular weight excluding hydrogens is 264 g/mol. The zero-order valence-electron chi connectivity index (χ0n) is 10.5. The average molecular weight is 284 g/mol. The summed E-state index contributed by atoms with van der Waals surface area (Å²) < 4.78 is 27.7. The van der Waals surface area contributed by atoms with Crippen molar-refractivity contribution in [3.63, 3.8) is 0 Å². The summed E-state index contributed by atoms with van der Waals surface area (Å²) >= 11 is 1.47. The molecule has 0 spiro atoms. The second kappa shape index (κ2) is 6.58. The van der Waals surface area contributed by atoms with Crippen LogP contribution in [-0.4, -0.2) is 43.1 Å². The Labute approximate surface area is 107 Å². The predicted molar refractivity (Wildman–Crippen MR) is 69.4 cm³/mol. The minimum atomic E-state index is -3.80. The molecule has 0 saturated carbocycles. The molecule has 0 aromatic rings. The van der Waals surface area contributed by atoms with Gasteiger partial charge in [-0.3, -0.25) is 4.79 Å². The molecule has 6 nitrogen and oxygen atoms in total. The van der Waals surface area contributed by atoms with E-state index in [1.165, 1.54) is 11.8 Å². The molecule has 1 atom stereocenters. The molecule has 0 rings (SSSR count). The van der Waals surface area contributed by atoms with Gasteiger partial charge in [0, 0.05) is 5.54 Å². The molecule has 0 aromatic heterocycles. The van der Waals surface area contributed by atoms with Crippen molar-refractivity contribution < 1.29 is 18.3 Å². The van der Waals surface area contributed by atoms with E-state index in [1.54, 1.807) is 20.8 Å². The molecule has 0 radical (unpaired) electrons. The lowest BCUT2D eigenvalue weighted by Gasteiger charge is -2.22. The minimum Gasteiger partial charge on any atom is -0.480 e. The van der Waals surface area contributed by atoms with E-state index in [9.17, 15) is 13.2 Å². The average Bonchev–Trinajstić information content (AvgIpc) is 2.07. The first kappa shape index (κ1) is 16.7. The third-order valence-corrected chi connectivity index (χ3v) is 3.77. The Morgan fingerprint density at radius 1 is 1.41 bits per heavy atom. The summed E-state index contributed by atoms with van der Waals surface area (Å²) in [6.45, 7) is 5.05. The Morgan fingerprint density at radius 3 is 2.29 bits per heavy atom. The van der Waals surface area contributed by atoms with Crippen molar-refractivity contribution in [2.75, 3.05) is 12.0 Å². The summed E-state index contributed by atoms with van der Waals surface area (Å²) in [6.07, 6.45) is 2.09. The van der Waals surface area contributed by atoms with Crippen molar-refractivity contribution in [1.82, 2.24) is 9.44 Å². The molecule has 1 unspecified atom stereocenters. The predicted octanol–water partition coefficient (Wildman–Crippen LogP) is 0.415. The largest absolute Gasteiger partial charge is 0.480 e. The van der Waals surface area contributed by atoms with Crippen molar-refractivity contribution in [3.8, 4) is 0 Å². The molecule has 0 amide bonds. The topological polar surface area (TPSA) is 95.5 Å². The molecule has 0 aliphatic heterocycles. The zero-order valence-corrected chi connectivity index (χ0v) is 12.1. The number of thioether (sulfide) groups is 1. The second-order valence-electron chi connectivity index (χ2n) is 4.65. The Kier molecular flexibility index (Phi) is 6.46. The van der Waals surface area contributed by atoms with Gasteiger partial charge in [0.25, 0.3) is 10.2 Å². The molecule has 8 heteroatoms. The monoisotopic (exact) mass is 284 g/mol. The van der Waals surface area contributed by atoms with Crippen LogP contribution in [0.3, 0.4) is 0 Å². The molecule has 0 saturated heterocycles. The molecule has 0 fully saturated rings. The van der Waals surface area contributed by atoms with E-state index >= 15 is 0 Å². The lowest BCUT2D eigenvalue weighted by Crippen LogP contribution is -2.52. The van der Waals surface area contributed by atoms with Crippen molar-refractivity contribution in [3.05, 3.63) is 0 Å². The van der Waals surface area contributed by atoms with E-state index in [1.807, 2.05) is 6.26 Å². The summed E-state index contributed by atoms with van der Waals surface area (Å²) in [6, 6.07) is -1.10. The lowest BCUT2D eigenvalue weighted by molar-refractivity contribution is -0.139. The molecule has 3 N–H and O–H groups in total. The van der Waals surface area contributed by atoms with Crippen molar-refractivity contribution in [1.29, 1.82) is 0 Å². The first-order valence-corrected chi connectivity index (χ1v) is 7.98. The Morgan fingerprint density at radius 2 is 1.94 bits per heavy atom. The lowest BCUT2D eigenvalue weighted by atomic mass is 10.1.